The molecule has 0 fully saturated rings. The Bertz CT molecular complexity index is 596. The maximum Gasteiger partial charge on any atom is 0.159 e. The van der Waals surface area contributed by atoms with Crippen LogP contribution in [0.3, 0.4) is 0 Å². The number of rotatable bonds is 3. The Kier molecular flexibility index (Phi) is 3.67. The van der Waals surface area contributed by atoms with E-state index in [-0.39, 0.29) is 5.78 Å². The van der Waals surface area contributed by atoms with Crippen LogP contribution < -0.4 is 10.5 Å². The normalized spacial score (nSPS) is 10.1. The van der Waals surface area contributed by atoms with Crippen LogP contribution in [0.2, 0.25) is 0 Å². The molecule has 0 heterocycles. The van der Waals surface area contributed by atoms with E-state index in [1.165, 1.54) is 6.92 Å². The van der Waals surface area contributed by atoms with Gasteiger partial charge in [-0.25, -0.2) is 0 Å². The first kappa shape index (κ1) is 12.6. The predicted molar refractivity (Wildman–Crippen MR) is 75.1 cm³/mol. The maximum atomic E-state index is 11.2. The van der Waals surface area contributed by atoms with Gasteiger partial charge in [0.05, 0.1) is 10.2 Å². The van der Waals surface area contributed by atoms with Crippen molar-refractivity contribution in [2.75, 3.05) is 5.73 Å². The van der Waals surface area contributed by atoms with Crippen LogP contribution >= 0.6 is 15.9 Å². The summed E-state index contributed by atoms with van der Waals surface area (Å²) in [6.45, 7) is 1.50. The number of anilines is 1. The molecule has 2 aromatic rings. The highest BCUT2D eigenvalue weighted by atomic mass is 79.9. The average Bonchev–Trinajstić information content (AvgIpc) is 2.34. The molecule has 18 heavy (non-hydrogen) atoms. The predicted octanol–water partition coefficient (Wildman–Crippen LogP) is 4.03. The first-order chi connectivity index (χ1) is 8.58. The molecule has 3 nitrogen and oxygen atoms in total. The highest BCUT2D eigenvalue weighted by Crippen LogP contribution is 2.32. The standard InChI is InChI=1S/C14H12BrNO2/c1-9(17)10-6-7-14(12(16)8-10)18-13-5-3-2-4-11(13)15/h2-8H,16H2,1H3. The Hall–Kier alpha value is -1.81. The summed E-state index contributed by atoms with van der Waals surface area (Å²) in [6.07, 6.45) is 0. The topological polar surface area (TPSA) is 52.3 Å². The van der Waals surface area contributed by atoms with Gasteiger partial charge in [0.2, 0.25) is 0 Å². The van der Waals surface area contributed by atoms with Crippen molar-refractivity contribution < 1.29 is 9.53 Å². The second-order valence-electron chi connectivity index (χ2n) is 3.84. The molecule has 0 atom stereocenters. The van der Waals surface area contributed by atoms with Crippen LogP contribution in [0.1, 0.15) is 17.3 Å². The molecule has 4 heteroatoms. The number of carbonyl (C=O) groups excluding carboxylic acids is 1. The van der Waals surface area contributed by atoms with Crippen molar-refractivity contribution in [3.63, 3.8) is 0 Å². The van der Waals surface area contributed by atoms with Crippen molar-refractivity contribution in [2.45, 2.75) is 6.92 Å². The summed E-state index contributed by atoms with van der Waals surface area (Å²) >= 11 is 3.40. The van der Waals surface area contributed by atoms with E-state index in [0.29, 0.717) is 22.7 Å². The van der Waals surface area contributed by atoms with Crippen LogP contribution in [0, 0.1) is 0 Å². The summed E-state index contributed by atoms with van der Waals surface area (Å²) in [5, 5.41) is 0. The highest BCUT2D eigenvalue weighted by molar-refractivity contribution is 9.10. The van der Waals surface area contributed by atoms with Crippen LogP contribution in [-0.4, -0.2) is 5.78 Å². The fourth-order valence-electron chi connectivity index (χ4n) is 1.51. The van der Waals surface area contributed by atoms with E-state index in [4.69, 9.17) is 10.5 Å². The number of Topliss-reactive ketones (excluding diaryl/α,β-unsaturated/α-hetero) is 1. The van der Waals surface area contributed by atoms with Gasteiger partial charge < -0.3 is 10.5 Å². The van der Waals surface area contributed by atoms with Crippen molar-refractivity contribution in [2.24, 2.45) is 0 Å². The van der Waals surface area contributed by atoms with E-state index in [1.54, 1.807) is 18.2 Å². The van der Waals surface area contributed by atoms with Gasteiger partial charge in [-0.1, -0.05) is 12.1 Å². The van der Waals surface area contributed by atoms with E-state index in [9.17, 15) is 4.79 Å². The minimum absolute atomic E-state index is 0.0193. The Morgan fingerprint density at radius 1 is 1.17 bits per heavy atom. The molecule has 0 aromatic heterocycles. The van der Waals surface area contributed by atoms with Gasteiger partial charge in [0.15, 0.2) is 5.78 Å². The molecule has 0 amide bonds. The lowest BCUT2D eigenvalue weighted by Crippen LogP contribution is -1.97. The van der Waals surface area contributed by atoms with Crippen molar-refractivity contribution in [1.29, 1.82) is 0 Å². The van der Waals surface area contributed by atoms with Crippen molar-refractivity contribution in [3.8, 4) is 11.5 Å². The first-order valence-electron chi connectivity index (χ1n) is 5.41. The lowest BCUT2D eigenvalue weighted by molar-refractivity contribution is 0.101. The zero-order valence-electron chi connectivity index (χ0n) is 9.81. The van der Waals surface area contributed by atoms with E-state index < -0.39 is 0 Å². The number of carbonyl (C=O) groups is 1. The molecule has 0 aliphatic rings. The molecular weight excluding hydrogens is 294 g/mol. The SMILES string of the molecule is CC(=O)c1ccc(Oc2ccccc2Br)c(N)c1. The van der Waals surface area contributed by atoms with Crippen LogP contribution in [0.25, 0.3) is 0 Å². The average molecular weight is 306 g/mol. The monoisotopic (exact) mass is 305 g/mol. The van der Waals surface area contributed by atoms with Crippen molar-refractivity contribution >= 4 is 27.4 Å². The van der Waals surface area contributed by atoms with E-state index in [2.05, 4.69) is 15.9 Å². The molecule has 0 aliphatic carbocycles. The zero-order valence-corrected chi connectivity index (χ0v) is 11.4. The first-order valence-corrected chi connectivity index (χ1v) is 6.20. The van der Waals surface area contributed by atoms with Gasteiger partial charge in [-0.3, -0.25) is 4.79 Å². The summed E-state index contributed by atoms with van der Waals surface area (Å²) in [6, 6.07) is 12.5. The summed E-state index contributed by atoms with van der Waals surface area (Å²) in [5.74, 6) is 1.20. The third-order valence-electron chi connectivity index (χ3n) is 2.47. The molecule has 2 N–H and O–H groups in total. The lowest BCUT2D eigenvalue weighted by Gasteiger charge is -2.10. The van der Waals surface area contributed by atoms with E-state index in [1.807, 2.05) is 24.3 Å². The van der Waals surface area contributed by atoms with E-state index in [0.717, 1.165) is 4.47 Å². The Morgan fingerprint density at radius 2 is 1.89 bits per heavy atom. The number of nitrogens with two attached hydrogens (primary N) is 1. The molecule has 0 bridgehead atoms. The van der Waals surface area contributed by atoms with Gasteiger partial charge in [-0.2, -0.15) is 0 Å². The molecular formula is C14H12BrNO2. The number of nitrogen functional groups attached to an aromatic ring is 1. The Morgan fingerprint density at radius 3 is 2.50 bits per heavy atom. The maximum absolute atomic E-state index is 11.2. The molecule has 0 saturated carbocycles. The second kappa shape index (κ2) is 5.23. The molecule has 2 rings (SSSR count). The van der Waals surface area contributed by atoms with Crippen molar-refractivity contribution in [1.82, 2.24) is 0 Å². The summed E-state index contributed by atoms with van der Waals surface area (Å²) in [7, 11) is 0. The van der Waals surface area contributed by atoms with Crippen LogP contribution in [-0.2, 0) is 0 Å². The molecule has 2 aromatic carbocycles. The molecule has 0 unspecified atom stereocenters. The number of ether oxygens (including phenoxy) is 1. The van der Waals surface area contributed by atoms with Gasteiger partial charge in [-0.05, 0) is 53.2 Å². The van der Waals surface area contributed by atoms with Gasteiger partial charge in [0.1, 0.15) is 11.5 Å². The molecule has 0 spiro atoms. The van der Waals surface area contributed by atoms with Crippen LogP contribution in [0.4, 0.5) is 5.69 Å². The smallest absolute Gasteiger partial charge is 0.159 e. The molecule has 0 aliphatic heterocycles. The number of benzene rings is 2. The fraction of sp³-hybridized carbons (Fsp3) is 0.0714. The van der Waals surface area contributed by atoms with Gasteiger partial charge in [0.25, 0.3) is 0 Å². The third-order valence-corrected chi connectivity index (χ3v) is 3.13. The minimum Gasteiger partial charge on any atom is -0.454 e. The summed E-state index contributed by atoms with van der Waals surface area (Å²) < 4.78 is 6.54. The second-order valence-corrected chi connectivity index (χ2v) is 4.70. The van der Waals surface area contributed by atoms with Gasteiger partial charge >= 0.3 is 0 Å². The quantitative estimate of drug-likeness (QED) is 0.688. The largest absolute Gasteiger partial charge is 0.454 e. The summed E-state index contributed by atoms with van der Waals surface area (Å²) in [4.78, 5) is 11.2. The van der Waals surface area contributed by atoms with Crippen LogP contribution in [0.5, 0.6) is 11.5 Å². The lowest BCUT2D eigenvalue weighted by atomic mass is 10.1. The number of hydrogen-bond donors (Lipinski definition) is 1. The Labute approximate surface area is 114 Å². The van der Waals surface area contributed by atoms with Gasteiger partial charge in [-0.15, -0.1) is 0 Å². The zero-order chi connectivity index (χ0) is 13.1. The number of para-hydroxylation sites is 1. The number of ketones is 1. The highest BCUT2D eigenvalue weighted by Gasteiger charge is 2.07. The summed E-state index contributed by atoms with van der Waals surface area (Å²) in [5.41, 5.74) is 6.88. The van der Waals surface area contributed by atoms with Gasteiger partial charge in [0, 0.05) is 5.56 Å². The molecule has 92 valence electrons. The van der Waals surface area contributed by atoms with E-state index >= 15 is 0 Å². The Balaban J connectivity index is 2.30. The van der Waals surface area contributed by atoms with Crippen LogP contribution in [0.15, 0.2) is 46.9 Å². The van der Waals surface area contributed by atoms with Crippen molar-refractivity contribution in [3.05, 3.63) is 52.5 Å². The minimum atomic E-state index is -0.0193. The number of hydrogen-bond acceptors (Lipinski definition) is 3. The number of halogens is 1. The molecule has 0 saturated heterocycles. The molecule has 0 radical (unpaired) electrons. The third kappa shape index (κ3) is 2.71. The fourth-order valence-corrected chi connectivity index (χ4v) is 1.87.